The van der Waals surface area contributed by atoms with Crippen LogP contribution in [0.1, 0.15) is 26.7 Å². The highest BCUT2D eigenvalue weighted by Crippen LogP contribution is 2.10. The van der Waals surface area contributed by atoms with E-state index in [1.54, 1.807) is 0 Å². The lowest BCUT2D eigenvalue weighted by atomic mass is 10.1. The maximum atomic E-state index is 5.33. The van der Waals surface area contributed by atoms with Gasteiger partial charge >= 0.3 is 0 Å². The first-order valence-corrected chi connectivity index (χ1v) is 6.28. The molecule has 0 radical (unpaired) electrons. The second-order valence-electron chi connectivity index (χ2n) is 4.89. The minimum atomic E-state index is 0.758. The smallest absolute Gasteiger partial charge is 0.0507 e. The summed E-state index contributed by atoms with van der Waals surface area (Å²) in [6, 6.07) is 0. The lowest BCUT2D eigenvalue weighted by molar-refractivity contribution is 0.185. The molecule has 2 N–H and O–H groups in total. The van der Waals surface area contributed by atoms with Crippen molar-refractivity contribution in [3.05, 3.63) is 0 Å². The van der Waals surface area contributed by atoms with Crippen molar-refractivity contribution >= 4 is 0 Å². The standard InChI is InChI=1S/C12H26N2O/c1-11(2)8-13-5-3-6-14-9-12-4-7-15-10-12/h11-14H,3-10H2,1-2H3. The monoisotopic (exact) mass is 214 g/mol. The molecule has 1 aliphatic rings. The average Bonchev–Trinajstić information content (AvgIpc) is 2.68. The highest BCUT2D eigenvalue weighted by atomic mass is 16.5. The average molecular weight is 214 g/mol. The van der Waals surface area contributed by atoms with Crippen molar-refractivity contribution in [1.29, 1.82) is 0 Å². The Kier molecular flexibility index (Phi) is 6.98. The highest BCUT2D eigenvalue weighted by molar-refractivity contribution is 4.66. The fourth-order valence-corrected chi connectivity index (χ4v) is 1.78. The quantitative estimate of drug-likeness (QED) is 0.597. The topological polar surface area (TPSA) is 33.3 Å². The molecular weight excluding hydrogens is 188 g/mol. The summed E-state index contributed by atoms with van der Waals surface area (Å²) in [6.45, 7) is 10.9. The van der Waals surface area contributed by atoms with E-state index >= 15 is 0 Å². The minimum Gasteiger partial charge on any atom is -0.381 e. The van der Waals surface area contributed by atoms with Crippen molar-refractivity contribution in [3.63, 3.8) is 0 Å². The van der Waals surface area contributed by atoms with Gasteiger partial charge in [0, 0.05) is 13.2 Å². The van der Waals surface area contributed by atoms with Crippen molar-refractivity contribution in [2.24, 2.45) is 11.8 Å². The molecule has 1 fully saturated rings. The largest absolute Gasteiger partial charge is 0.381 e. The molecule has 1 heterocycles. The van der Waals surface area contributed by atoms with E-state index in [9.17, 15) is 0 Å². The second kappa shape index (κ2) is 8.08. The summed E-state index contributed by atoms with van der Waals surface area (Å²) in [6.07, 6.45) is 2.46. The Labute approximate surface area is 94.0 Å². The maximum absolute atomic E-state index is 5.33. The Morgan fingerprint density at radius 2 is 2.07 bits per heavy atom. The second-order valence-corrected chi connectivity index (χ2v) is 4.89. The fourth-order valence-electron chi connectivity index (χ4n) is 1.78. The molecule has 0 aromatic heterocycles. The van der Waals surface area contributed by atoms with Crippen LogP contribution in [-0.2, 0) is 4.74 Å². The van der Waals surface area contributed by atoms with Gasteiger partial charge in [0.2, 0.25) is 0 Å². The van der Waals surface area contributed by atoms with Gasteiger partial charge < -0.3 is 15.4 Å². The predicted molar refractivity (Wildman–Crippen MR) is 64.1 cm³/mol. The van der Waals surface area contributed by atoms with E-state index in [1.165, 1.54) is 12.8 Å². The number of hydrogen-bond acceptors (Lipinski definition) is 3. The van der Waals surface area contributed by atoms with Crippen molar-refractivity contribution in [2.75, 3.05) is 39.4 Å². The molecule has 0 aromatic rings. The predicted octanol–water partition coefficient (Wildman–Crippen LogP) is 1.25. The number of rotatable bonds is 8. The molecule has 0 aliphatic carbocycles. The SMILES string of the molecule is CC(C)CNCCCNCC1CCOC1. The van der Waals surface area contributed by atoms with Crippen LogP contribution in [0.5, 0.6) is 0 Å². The molecule has 0 amide bonds. The molecule has 1 aliphatic heterocycles. The summed E-state index contributed by atoms with van der Waals surface area (Å²) in [5.74, 6) is 1.52. The summed E-state index contributed by atoms with van der Waals surface area (Å²) >= 11 is 0. The number of ether oxygens (including phenoxy) is 1. The van der Waals surface area contributed by atoms with Gasteiger partial charge in [-0.2, -0.15) is 0 Å². The van der Waals surface area contributed by atoms with Crippen LogP contribution >= 0.6 is 0 Å². The summed E-state index contributed by atoms with van der Waals surface area (Å²) in [5.41, 5.74) is 0. The third kappa shape index (κ3) is 6.88. The molecular formula is C12H26N2O. The first-order valence-electron chi connectivity index (χ1n) is 6.28. The van der Waals surface area contributed by atoms with Gasteiger partial charge in [0.1, 0.15) is 0 Å². The third-order valence-electron chi connectivity index (χ3n) is 2.72. The van der Waals surface area contributed by atoms with Gasteiger partial charge in [-0.1, -0.05) is 13.8 Å². The van der Waals surface area contributed by atoms with Crippen LogP contribution in [0.3, 0.4) is 0 Å². The molecule has 1 rings (SSSR count). The van der Waals surface area contributed by atoms with Crippen LogP contribution in [0.2, 0.25) is 0 Å². The summed E-state index contributed by atoms with van der Waals surface area (Å²) in [7, 11) is 0. The van der Waals surface area contributed by atoms with Crippen LogP contribution in [-0.4, -0.2) is 39.4 Å². The maximum Gasteiger partial charge on any atom is 0.0507 e. The minimum absolute atomic E-state index is 0.758. The zero-order chi connectivity index (χ0) is 10.9. The van der Waals surface area contributed by atoms with E-state index in [1.807, 2.05) is 0 Å². The zero-order valence-electron chi connectivity index (χ0n) is 10.2. The molecule has 0 aromatic carbocycles. The molecule has 3 nitrogen and oxygen atoms in total. The zero-order valence-corrected chi connectivity index (χ0v) is 10.2. The lowest BCUT2D eigenvalue weighted by Crippen LogP contribution is -2.27. The fraction of sp³-hybridized carbons (Fsp3) is 1.00. The van der Waals surface area contributed by atoms with E-state index in [0.29, 0.717) is 0 Å². The Balaban J connectivity index is 1.76. The first kappa shape index (κ1) is 12.9. The van der Waals surface area contributed by atoms with Gasteiger partial charge in [0.25, 0.3) is 0 Å². The Morgan fingerprint density at radius 1 is 1.27 bits per heavy atom. The first-order chi connectivity index (χ1) is 7.29. The van der Waals surface area contributed by atoms with Crippen LogP contribution in [0.25, 0.3) is 0 Å². The molecule has 3 heteroatoms. The summed E-state index contributed by atoms with van der Waals surface area (Å²) in [4.78, 5) is 0. The van der Waals surface area contributed by atoms with Gasteiger partial charge in [-0.25, -0.2) is 0 Å². The normalized spacial score (nSPS) is 21.4. The van der Waals surface area contributed by atoms with Crippen molar-refractivity contribution in [2.45, 2.75) is 26.7 Å². The van der Waals surface area contributed by atoms with Gasteiger partial charge in [-0.3, -0.25) is 0 Å². The van der Waals surface area contributed by atoms with Crippen LogP contribution in [0.4, 0.5) is 0 Å². The number of nitrogens with one attached hydrogen (secondary N) is 2. The van der Waals surface area contributed by atoms with Crippen molar-refractivity contribution in [3.8, 4) is 0 Å². The number of hydrogen-bond donors (Lipinski definition) is 2. The van der Waals surface area contributed by atoms with Crippen LogP contribution in [0.15, 0.2) is 0 Å². The van der Waals surface area contributed by atoms with E-state index in [4.69, 9.17) is 4.74 Å². The molecule has 1 unspecified atom stereocenters. The molecule has 90 valence electrons. The molecule has 0 bridgehead atoms. The molecule has 0 saturated carbocycles. The summed E-state index contributed by atoms with van der Waals surface area (Å²) < 4.78 is 5.33. The summed E-state index contributed by atoms with van der Waals surface area (Å²) in [5, 5.41) is 6.94. The molecule has 15 heavy (non-hydrogen) atoms. The Hall–Kier alpha value is -0.120. The van der Waals surface area contributed by atoms with Crippen LogP contribution < -0.4 is 10.6 Å². The van der Waals surface area contributed by atoms with E-state index in [-0.39, 0.29) is 0 Å². The van der Waals surface area contributed by atoms with E-state index in [2.05, 4.69) is 24.5 Å². The van der Waals surface area contributed by atoms with Gasteiger partial charge in [0.05, 0.1) is 6.61 Å². The Bertz CT molecular complexity index is 145. The van der Waals surface area contributed by atoms with E-state index < -0.39 is 0 Å². The molecule has 1 saturated heterocycles. The Morgan fingerprint density at radius 3 is 2.73 bits per heavy atom. The third-order valence-corrected chi connectivity index (χ3v) is 2.72. The van der Waals surface area contributed by atoms with Crippen LogP contribution in [0, 0.1) is 11.8 Å². The van der Waals surface area contributed by atoms with Crippen molar-refractivity contribution < 1.29 is 4.74 Å². The van der Waals surface area contributed by atoms with Gasteiger partial charge in [-0.15, -0.1) is 0 Å². The van der Waals surface area contributed by atoms with Crippen molar-refractivity contribution in [1.82, 2.24) is 10.6 Å². The molecule has 1 atom stereocenters. The highest BCUT2D eigenvalue weighted by Gasteiger charge is 2.14. The lowest BCUT2D eigenvalue weighted by Gasteiger charge is -2.10. The van der Waals surface area contributed by atoms with E-state index in [0.717, 1.165) is 51.2 Å². The van der Waals surface area contributed by atoms with Gasteiger partial charge in [0.15, 0.2) is 0 Å². The van der Waals surface area contributed by atoms with Gasteiger partial charge in [-0.05, 0) is 44.3 Å². The molecule has 0 spiro atoms.